The zero-order valence-corrected chi connectivity index (χ0v) is 18.3. The van der Waals surface area contributed by atoms with Crippen molar-refractivity contribution in [2.24, 2.45) is 0 Å². The van der Waals surface area contributed by atoms with E-state index in [0.29, 0.717) is 0 Å². The summed E-state index contributed by atoms with van der Waals surface area (Å²) in [6, 6.07) is 28.9. The fraction of sp³-hybridized carbons (Fsp3) is 0. The molecule has 0 aliphatic heterocycles. The molecule has 4 aromatic rings. The van der Waals surface area contributed by atoms with Crippen LogP contribution in [-0.2, 0) is 20.2 Å². The van der Waals surface area contributed by atoms with E-state index < -0.39 is 20.2 Å². The number of benzene rings is 4. The highest BCUT2D eigenvalue weighted by atomic mass is 32.2. The van der Waals surface area contributed by atoms with E-state index in [9.17, 15) is 16.8 Å². The average molecular weight is 467 g/mol. The fourth-order valence-corrected chi connectivity index (χ4v) is 4.83. The van der Waals surface area contributed by atoms with Crippen molar-refractivity contribution in [3.63, 3.8) is 0 Å². The van der Waals surface area contributed by atoms with Crippen molar-refractivity contribution in [1.82, 2.24) is 0 Å². The minimum Gasteiger partial charge on any atom is -0.379 e. The van der Waals surface area contributed by atoms with Gasteiger partial charge in [0.25, 0.3) is 0 Å². The van der Waals surface area contributed by atoms with Crippen LogP contribution in [0.5, 0.6) is 11.5 Å². The van der Waals surface area contributed by atoms with E-state index in [2.05, 4.69) is 0 Å². The van der Waals surface area contributed by atoms with Crippen molar-refractivity contribution < 1.29 is 25.2 Å². The van der Waals surface area contributed by atoms with Crippen molar-refractivity contribution in [1.29, 1.82) is 0 Å². The summed E-state index contributed by atoms with van der Waals surface area (Å²) in [6.45, 7) is 0. The average Bonchev–Trinajstić information content (AvgIpc) is 2.81. The van der Waals surface area contributed by atoms with Crippen molar-refractivity contribution in [3.05, 3.63) is 109 Å². The third kappa shape index (κ3) is 4.99. The van der Waals surface area contributed by atoms with Crippen molar-refractivity contribution in [3.8, 4) is 22.6 Å². The summed E-state index contributed by atoms with van der Waals surface area (Å²) in [5.41, 5.74) is 1.60. The Hall–Kier alpha value is -3.62. The topological polar surface area (TPSA) is 86.7 Å². The standard InChI is InChI=1S/C24H18O6S2/c25-31(26,23-7-3-1-4-8-23)29-21-15-11-19(12-16-21)20-13-17-22(18-14-20)30-32(27,28)24-9-5-2-6-10-24/h1-18H. The summed E-state index contributed by atoms with van der Waals surface area (Å²) >= 11 is 0. The van der Waals surface area contributed by atoms with Gasteiger partial charge >= 0.3 is 20.2 Å². The van der Waals surface area contributed by atoms with Crippen LogP contribution in [0.3, 0.4) is 0 Å². The Labute approximate surface area is 186 Å². The highest BCUT2D eigenvalue weighted by Gasteiger charge is 2.17. The third-order valence-corrected chi connectivity index (χ3v) is 7.04. The molecule has 0 saturated heterocycles. The van der Waals surface area contributed by atoms with Crippen LogP contribution in [0.1, 0.15) is 0 Å². The van der Waals surface area contributed by atoms with Crippen LogP contribution in [0.4, 0.5) is 0 Å². The molecule has 0 spiro atoms. The van der Waals surface area contributed by atoms with E-state index in [0.717, 1.165) is 11.1 Å². The summed E-state index contributed by atoms with van der Waals surface area (Å²) in [5, 5.41) is 0. The Bertz CT molecular complexity index is 1280. The quantitative estimate of drug-likeness (QED) is 0.361. The second-order valence-electron chi connectivity index (χ2n) is 6.75. The van der Waals surface area contributed by atoms with Gasteiger partial charge in [0.2, 0.25) is 0 Å². The van der Waals surface area contributed by atoms with E-state index >= 15 is 0 Å². The molecule has 0 unspecified atom stereocenters. The highest BCUT2D eigenvalue weighted by molar-refractivity contribution is 7.87. The summed E-state index contributed by atoms with van der Waals surface area (Å²) in [7, 11) is -7.82. The monoisotopic (exact) mass is 466 g/mol. The minimum atomic E-state index is -3.91. The molecule has 0 radical (unpaired) electrons. The van der Waals surface area contributed by atoms with Gasteiger partial charge in [-0.1, -0.05) is 60.7 Å². The lowest BCUT2D eigenvalue weighted by Gasteiger charge is -2.09. The van der Waals surface area contributed by atoms with E-state index in [-0.39, 0.29) is 21.3 Å². The van der Waals surface area contributed by atoms with E-state index in [1.807, 2.05) is 0 Å². The zero-order valence-electron chi connectivity index (χ0n) is 16.7. The van der Waals surface area contributed by atoms with E-state index in [4.69, 9.17) is 8.37 Å². The van der Waals surface area contributed by atoms with Gasteiger partial charge in [-0.25, -0.2) is 0 Å². The molecular weight excluding hydrogens is 448 g/mol. The van der Waals surface area contributed by atoms with Crippen LogP contribution in [0.2, 0.25) is 0 Å². The second-order valence-corrected chi connectivity index (χ2v) is 9.84. The molecule has 0 saturated carbocycles. The Morgan fingerprint density at radius 1 is 0.406 bits per heavy atom. The predicted molar refractivity (Wildman–Crippen MR) is 120 cm³/mol. The van der Waals surface area contributed by atoms with E-state index in [1.54, 1.807) is 84.9 Å². The van der Waals surface area contributed by atoms with Crippen molar-refractivity contribution in [2.75, 3.05) is 0 Å². The molecule has 0 aliphatic rings. The minimum absolute atomic E-state index is 0.0742. The summed E-state index contributed by atoms with van der Waals surface area (Å²) in [4.78, 5) is 0.148. The molecule has 0 aromatic heterocycles. The maximum absolute atomic E-state index is 12.3. The normalized spacial score (nSPS) is 11.6. The Balaban J connectivity index is 1.47. The van der Waals surface area contributed by atoms with Gasteiger partial charge in [0.15, 0.2) is 0 Å². The Morgan fingerprint density at radius 3 is 1.03 bits per heavy atom. The molecule has 6 nitrogen and oxygen atoms in total. The molecule has 0 fully saturated rings. The van der Waals surface area contributed by atoms with Crippen LogP contribution in [0, 0.1) is 0 Å². The first-order valence-corrected chi connectivity index (χ1v) is 12.3. The first-order chi connectivity index (χ1) is 15.3. The highest BCUT2D eigenvalue weighted by Crippen LogP contribution is 2.27. The van der Waals surface area contributed by atoms with Crippen molar-refractivity contribution >= 4 is 20.2 Å². The number of hydrogen-bond donors (Lipinski definition) is 0. The molecule has 0 atom stereocenters. The molecule has 4 aromatic carbocycles. The number of rotatable bonds is 7. The van der Waals surface area contributed by atoms with Gasteiger partial charge in [-0.2, -0.15) is 16.8 Å². The van der Waals surface area contributed by atoms with Crippen LogP contribution < -0.4 is 8.37 Å². The molecule has 0 bridgehead atoms. The maximum atomic E-state index is 12.3. The van der Waals surface area contributed by atoms with Gasteiger partial charge in [-0.05, 0) is 59.7 Å². The first kappa shape index (κ1) is 21.6. The Kier molecular flexibility index (Phi) is 5.98. The first-order valence-electron chi connectivity index (χ1n) is 9.53. The smallest absolute Gasteiger partial charge is 0.339 e. The predicted octanol–water partition coefficient (Wildman–Crippen LogP) is 4.89. The van der Waals surface area contributed by atoms with Crippen LogP contribution in [0.15, 0.2) is 119 Å². The van der Waals surface area contributed by atoms with Crippen LogP contribution >= 0.6 is 0 Å². The molecule has 162 valence electrons. The van der Waals surface area contributed by atoms with Gasteiger partial charge < -0.3 is 8.37 Å². The molecule has 0 N–H and O–H groups in total. The van der Waals surface area contributed by atoms with Crippen LogP contribution in [-0.4, -0.2) is 16.8 Å². The molecule has 32 heavy (non-hydrogen) atoms. The largest absolute Gasteiger partial charge is 0.379 e. The summed E-state index contributed by atoms with van der Waals surface area (Å²) < 4.78 is 59.7. The summed E-state index contributed by atoms with van der Waals surface area (Å²) in [5.74, 6) is 0.373. The molecule has 0 amide bonds. The Morgan fingerprint density at radius 2 is 0.719 bits per heavy atom. The lowest BCUT2D eigenvalue weighted by Crippen LogP contribution is -2.09. The molecular formula is C24H18O6S2. The fourth-order valence-electron chi connectivity index (χ4n) is 2.93. The lowest BCUT2D eigenvalue weighted by molar-refractivity contribution is 0.484. The third-order valence-electron chi connectivity index (χ3n) is 4.52. The summed E-state index contributed by atoms with van der Waals surface area (Å²) in [6.07, 6.45) is 0. The SMILES string of the molecule is O=S(=O)(Oc1ccc(-c2ccc(OS(=O)(=O)c3ccccc3)cc2)cc1)c1ccccc1. The van der Waals surface area contributed by atoms with Crippen molar-refractivity contribution in [2.45, 2.75) is 9.79 Å². The van der Waals surface area contributed by atoms with Crippen LogP contribution in [0.25, 0.3) is 11.1 Å². The molecule has 0 aliphatic carbocycles. The van der Waals surface area contributed by atoms with Gasteiger partial charge in [0.1, 0.15) is 21.3 Å². The number of hydrogen-bond acceptors (Lipinski definition) is 6. The van der Waals surface area contributed by atoms with Gasteiger partial charge in [-0.3, -0.25) is 0 Å². The van der Waals surface area contributed by atoms with Gasteiger partial charge in [0, 0.05) is 0 Å². The second kappa shape index (κ2) is 8.86. The zero-order chi connectivity index (χ0) is 22.6. The van der Waals surface area contributed by atoms with Gasteiger partial charge in [0.05, 0.1) is 0 Å². The molecule has 8 heteroatoms. The maximum Gasteiger partial charge on any atom is 0.339 e. The molecule has 0 heterocycles. The molecule has 4 rings (SSSR count). The van der Waals surface area contributed by atoms with E-state index in [1.165, 1.54) is 24.3 Å². The van der Waals surface area contributed by atoms with Gasteiger partial charge in [-0.15, -0.1) is 0 Å². The lowest BCUT2D eigenvalue weighted by atomic mass is 10.1.